The Balaban J connectivity index is 1.39. The van der Waals surface area contributed by atoms with Gasteiger partial charge < -0.3 is 51.5 Å². The molecule has 0 spiro atoms. The van der Waals surface area contributed by atoms with Gasteiger partial charge in [0.05, 0.1) is 34.5 Å². The average molecular weight is 1090 g/mol. The highest BCUT2D eigenvalue weighted by atomic mass is 33.1. The fraction of sp³-hybridized carbons (Fsp3) is 0.480. The summed E-state index contributed by atoms with van der Waals surface area (Å²) in [6.45, 7) is 8.46. The molecule has 2 aliphatic rings. The van der Waals surface area contributed by atoms with E-state index in [1.807, 2.05) is 0 Å². The third-order valence-electron chi connectivity index (χ3n) is 13.1. The van der Waals surface area contributed by atoms with Crippen molar-refractivity contribution in [2.24, 2.45) is 11.8 Å². The van der Waals surface area contributed by atoms with Crippen molar-refractivity contribution in [1.29, 1.82) is 0 Å². The molecule has 2 aromatic heterocycles. The van der Waals surface area contributed by atoms with Crippen LogP contribution in [0.4, 0.5) is 0 Å². The van der Waals surface area contributed by atoms with Gasteiger partial charge in [-0.3, -0.25) is 57.9 Å². The maximum atomic E-state index is 14.9. The minimum atomic E-state index is -1.54. The number of amides is 10. The van der Waals surface area contributed by atoms with E-state index in [9.17, 15) is 47.9 Å². The van der Waals surface area contributed by atoms with Crippen molar-refractivity contribution in [2.45, 2.75) is 89.9 Å². The van der Waals surface area contributed by atoms with Gasteiger partial charge in [0.15, 0.2) is 0 Å². The summed E-state index contributed by atoms with van der Waals surface area (Å²) in [4.78, 5) is 165. The molecule has 6 rings (SSSR count). The molecule has 2 aliphatic heterocycles. The Morgan fingerprint density at radius 2 is 0.868 bits per heavy atom. The van der Waals surface area contributed by atoms with Crippen molar-refractivity contribution in [1.82, 2.24) is 71.4 Å². The van der Waals surface area contributed by atoms with Crippen LogP contribution >= 0.6 is 21.6 Å². The Morgan fingerprint density at radius 3 is 1.21 bits per heavy atom. The van der Waals surface area contributed by atoms with E-state index in [2.05, 4.69) is 51.8 Å². The van der Waals surface area contributed by atoms with Crippen LogP contribution in [0, 0.1) is 11.8 Å². The quantitative estimate of drug-likeness (QED) is 0.136. The Kier molecular flexibility index (Phi) is 19.3. The molecule has 26 heteroatoms. The van der Waals surface area contributed by atoms with Crippen LogP contribution in [0.15, 0.2) is 60.9 Å². The van der Waals surface area contributed by atoms with Gasteiger partial charge in [0, 0.05) is 52.8 Å². The van der Waals surface area contributed by atoms with Gasteiger partial charge in [0.25, 0.3) is 11.8 Å². The molecule has 4 aromatic rings. The van der Waals surface area contributed by atoms with Crippen molar-refractivity contribution in [3.63, 3.8) is 0 Å². The summed E-state index contributed by atoms with van der Waals surface area (Å²) in [5.74, 6) is -9.14. The van der Waals surface area contributed by atoms with Crippen LogP contribution in [-0.4, -0.2) is 200 Å². The molecule has 406 valence electrons. The molecule has 6 N–H and O–H groups in total. The summed E-state index contributed by atoms with van der Waals surface area (Å²) in [5, 5.41) is 15.8. The Morgan fingerprint density at radius 1 is 0.526 bits per heavy atom. The molecule has 10 amide bonds. The number of benzene rings is 2. The molecule has 2 aromatic carbocycles. The summed E-state index contributed by atoms with van der Waals surface area (Å²) in [7, 11) is 7.68. The summed E-state index contributed by atoms with van der Waals surface area (Å²) in [6, 6.07) is 2.84. The van der Waals surface area contributed by atoms with Crippen LogP contribution in [0.25, 0.3) is 22.1 Å². The first-order valence-corrected chi connectivity index (χ1v) is 27.0. The second-order valence-electron chi connectivity index (χ2n) is 19.3. The van der Waals surface area contributed by atoms with E-state index in [-0.39, 0.29) is 22.9 Å². The van der Waals surface area contributed by atoms with Crippen LogP contribution < -0.4 is 31.9 Å². The zero-order chi connectivity index (χ0) is 55.7. The summed E-state index contributed by atoms with van der Waals surface area (Å²) >= 11 is 0. The lowest BCUT2D eigenvalue weighted by Gasteiger charge is -2.38. The minimum absolute atomic E-state index is 0.127. The average Bonchev–Trinajstić information content (AvgIpc) is 3.39. The van der Waals surface area contributed by atoms with Gasteiger partial charge >= 0.3 is 0 Å². The van der Waals surface area contributed by atoms with Gasteiger partial charge in [-0.2, -0.15) is 0 Å². The molecule has 0 radical (unpaired) electrons. The van der Waals surface area contributed by atoms with Crippen molar-refractivity contribution in [3.8, 4) is 0 Å². The van der Waals surface area contributed by atoms with Crippen LogP contribution in [0.2, 0.25) is 0 Å². The molecule has 0 aliphatic carbocycles. The zero-order valence-electron chi connectivity index (χ0n) is 43.9. The number of likely N-dealkylation sites (N-methyl/N-ethyl adjacent to an activating group) is 4. The largest absolute Gasteiger partial charge is 0.352 e. The lowest BCUT2D eigenvalue weighted by Crippen LogP contribution is -2.62. The smallest absolute Gasteiger partial charge is 0.272 e. The summed E-state index contributed by atoms with van der Waals surface area (Å²) in [5.41, 5.74) is 1.52. The molecule has 2 saturated heterocycles. The predicted molar refractivity (Wildman–Crippen MR) is 284 cm³/mol. The molecule has 8 atom stereocenters. The van der Waals surface area contributed by atoms with Crippen molar-refractivity contribution < 1.29 is 47.9 Å². The number of nitrogens with zero attached hydrogens (tertiary/aromatic N) is 8. The fourth-order valence-corrected chi connectivity index (χ4v) is 11.4. The second kappa shape index (κ2) is 25.4. The van der Waals surface area contributed by atoms with E-state index in [0.717, 1.165) is 31.4 Å². The summed E-state index contributed by atoms with van der Waals surface area (Å²) < 4.78 is 0. The normalized spacial score (nSPS) is 24.7. The minimum Gasteiger partial charge on any atom is -0.352 e. The van der Waals surface area contributed by atoms with Crippen molar-refractivity contribution in [2.75, 3.05) is 52.8 Å². The molecule has 2 bridgehead atoms. The van der Waals surface area contributed by atoms with Gasteiger partial charge in [0.2, 0.25) is 47.3 Å². The number of hydrogen-bond acceptors (Lipinski definition) is 16. The van der Waals surface area contributed by atoms with Gasteiger partial charge in [-0.05, 0) is 49.9 Å². The van der Waals surface area contributed by atoms with Crippen molar-refractivity contribution >= 4 is 103 Å². The van der Waals surface area contributed by atoms with E-state index in [0.29, 0.717) is 22.1 Å². The Labute approximate surface area is 447 Å². The SMILES string of the molecule is CC(C)[C@H]1C(=O)NC[C@@H](NC(=O)c2cnc3ccccc3n2)C(=O)N[C@@H](C)C(=O)N(C)[C@H]2CSSC[C@@H](C(=O)N1C)N(C)C(=O)[C@H](C)NC(=O)[C@H](NC(=O)c1cnc3ccccc3n1)CNC(=O)[C@H](C(C)C)N(C)C2=O. The Bertz CT molecular complexity index is 2700. The van der Waals surface area contributed by atoms with Crippen LogP contribution in [-0.2, 0) is 38.4 Å². The zero-order valence-corrected chi connectivity index (χ0v) is 45.5. The standard InChI is InChI=1S/C50H64N14O10S2/c1-25(2)39-45(69)53-21-35(59-43(67)33-19-51-29-15-11-13-17-31(29)57-33)41(65)55-28(6)48(72)62(8)38-24-76-75-23-37(49(73)63(39)9)61(7)47(71)27(5)56-42(66)36(22-54-46(70)40(26(3)4)64(10)50(38)74)60-44(68)34-20-52-30-16-12-14-18-32(30)58-34/h11-20,25-28,35-40H,21-24H2,1-10H3,(H,53,69)(H,54,70)(H,55,65)(H,56,66)(H,59,67)(H,60,68)/t27-,28-,35+,36+,37-,38-,39-,40-/m0/s1. The number of fused-ring (bicyclic) bond motifs is 7. The maximum absolute atomic E-state index is 14.9. The number of nitrogens with one attached hydrogen (secondary N) is 6. The molecule has 0 unspecified atom stereocenters. The van der Waals surface area contributed by atoms with E-state index in [4.69, 9.17) is 0 Å². The number of para-hydroxylation sites is 4. The van der Waals surface area contributed by atoms with Gasteiger partial charge in [-0.25, -0.2) is 9.97 Å². The molecule has 0 saturated carbocycles. The van der Waals surface area contributed by atoms with Gasteiger partial charge in [0.1, 0.15) is 59.7 Å². The topological polar surface area (TPSA) is 307 Å². The molecule has 4 heterocycles. The number of hydrogen-bond donors (Lipinski definition) is 6. The first kappa shape index (κ1) is 57.8. The first-order chi connectivity index (χ1) is 36.0. The van der Waals surface area contributed by atoms with Crippen LogP contribution in [0.5, 0.6) is 0 Å². The number of aromatic nitrogens is 4. The summed E-state index contributed by atoms with van der Waals surface area (Å²) in [6.07, 6.45) is 2.45. The molecular weight excluding hydrogens is 1020 g/mol. The third kappa shape index (κ3) is 13.5. The first-order valence-electron chi connectivity index (χ1n) is 24.5. The number of carbonyl (C=O) groups excluding carboxylic acids is 10. The highest BCUT2D eigenvalue weighted by Crippen LogP contribution is 2.28. The molecule has 76 heavy (non-hydrogen) atoms. The monoisotopic (exact) mass is 1080 g/mol. The fourth-order valence-electron chi connectivity index (χ4n) is 8.82. The Hall–Kier alpha value is -7.48. The molecule has 2 fully saturated rings. The van der Waals surface area contributed by atoms with E-state index >= 15 is 0 Å². The van der Waals surface area contributed by atoms with Crippen molar-refractivity contribution in [3.05, 3.63) is 72.3 Å². The van der Waals surface area contributed by atoms with Crippen LogP contribution in [0.1, 0.15) is 62.5 Å². The second-order valence-corrected chi connectivity index (χ2v) is 21.8. The number of carbonyl (C=O) groups is 10. The molecular formula is C50H64N14O10S2. The maximum Gasteiger partial charge on any atom is 0.272 e. The third-order valence-corrected chi connectivity index (χ3v) is 15.5. The highest BCUT2D eigenvalue weighted by molar-refractivity contribution is 8.76. The van der Waals surface area contributed by atoms with E-state index in [1.54, 1.807) is 76.2 Å². The lowest BCUT2D eigenvalue weighted by molar-refractivity contribution is -0.149. The highest BCUT2D eigenvalue weighted by Gasteiger charge is 2.42. The molecule has 24 nitrogen and oxygen atoms in total. The van der Waals surface area contributed by atoms with Crippen LogP contribution in [0.3, 0.4) is 0 Å². The number of rotatable bonds is 6. The predicted octanol–water partition coefficient (Wildman–Crippen LogP) is -0.260. The van der Waals surface area contributed by atoms with Gasteiger partial charge in [-0.15, -0.1) is 0 Å². The van der Waals surface area contributed by atoms with Gasteiger partial charge in [-0.1, -0.05) is 73.5 Å². The van der Waals surface area contributed by atoms with E-state index in [1.165, 1.54) is 64.2 Å². The van der Waals surface area contributed by atoms with E-state index < -0.39 is 132 Å². The lowest BCUT2D eigenvalue weighted by atomic mass is 10.0.